The summed E-state index contributed by atoms with van der Waals surface area (Å²) in [5, 5.41) is 0. The molecule has 1 aromatic carbocycles. The van der Waals surface area contributed by atoms with Crippen LogP contribution in [0.15, 0.2) is 34.8 Å². The maximum atomic E-state index is 9.82. The van der Waals surface area contributed by atoms with E-state index in [1.54, 1.807) is 6.92 Å². The van der Waals surface area contributed by atoms with Crippen LogP contribution in [0.2, 0.25) is 0 Å². The monoisotopic (exact) mass is 258 g/mol. The summed E-state index contributed by atoms with van der Waals surface area (Å²) in [6.45, 7) is 1.90. The summed E-state index contributed by atoms with van der Waals surface area (Å²) in [6.07, 6.45) is 0.142. The summed E-state index contributed by atoms with van der Waals surface area (Å²) in [4.78, 5) is 19.2. The molecule has 3 nitrogen and oxygen atoms in total. The van der Waals surface area contributed by atoms with Gasteiger partial charge in [-0.15, -0.1) is 0 Å². The Labute approximate surface area is 91.2 Å². The number of hydrogen-bond acceptors (Lipinski definition) is 3. The molecule has 1 aromatic rings. The van der Waals surface area contributed by atoms with Crippen molar-refractivity contribution in [2.45, 2.75) is 6.92 Å². The minimum absolute atomic E-state index is 0.142. The lowest BCUT2D eigenvalue weighted by atomic mass is 10.4. The van der Waals surface area contributed by atoms with Crippen molar-refractivity contribution >= 4 is 28.2 Å². The topological polar surface area (TPSA) is 43.4 Å². The van der Waals surface area contributed by atoms with Gasteiger partial charge in [0.15, 0.2) is 0 Å². The molecule has 0 N–H and O–H groups in total. The molecule has 0 atom stereocenters. The second-order valence-electron chi connectivity index (χ2n) is 2.17. The van der Waals surface area contributed by atoms with E-state index in [9.17, 15) is 9.59 Å². The van der Waals surface area contributed by atoms with E-state index in [1.165, 1.54) is 0 Å². The minimum atomic E-state index is -0.803. The second kappa shape index (κ2) is 8.44. The fourth-order valence-electron chi connectivity index (χ4n) is 0.591. The van der Waals surface area contributed by atoms with Gasteiger partial charge >= 0.3 is 5.97 Å². The first-order valence-corrected chi connectivity index (χ1v) is 4.82. The Morgan fingerprint density at radius 1 is 1.43 bits per heavy atom. The van der Waals surface area contributed by atoms with Crippen LogP contribution in [0.25, 0.3) is 0 Å². The summed E-state index contributed by atoms with van der Waals surface area (Å²) in [6, 6.07) is 9.97. The van der Waals surface area contributed by atoms with E-state index in [0.717, 1.165) is 4.47 Å². The van der Waals surface area contributed by atoms with Crippen molar-refractivity contribution in [3.05, 3.63) is 34.8 Å². The molecule has 0 radical (unpaired) electrons. The van der Waals surface area contributed by atoms with E-state index in [2.05, 4.69) is 20.7 Å². The Hall–Kier alpha value is -1.16. The van der Waals surface area contributed by atoms with Gasteiger partial charge in [-0.25, -0.2) is 4.79 Å². The number of ether oxygens (including phenoxy) is 1. The van der Waals surface area contributed by atoms with Gasteiger partial charge in [0.05, 0.1) is 6.61 Å². The Balaban J connectivity index is 0.000000241. The molecule has 0 saturated heterocycles. The zero-order chi connectivity index (χ0) is 10.8. The van der Waals surface area contributed by atoms with Gasteiger partial charge in [-0.1, -0.05) is 34.1 Å². The maximum Gasteiger partial charge on any atom is 0.371 e. The lowest BCUT2D eigenvalue weighted by Gasteiger charge is -1.88. The number of aldehydes is 1. The van der Waals surface area contributed by atoms with Crippen LogP contribution in [-0.2, 0) is 14.3 Å². The number of benzene rings is 1. The van der Waals surface area contributed by atoms with E-state index in [4.69, 9.17) is 0 Å². The average molecular weight is 259 g/mol. The van der Waals surface area contributed by atoms with Crippen LogP contribution in [0.1, 0.15) is 6.92 Å². The Bertz CT molecular complexity index is 272. The van der Waals surface area contributed by atoms with Crippen LogP contribution < -0.4 is 0 Å². The summed E-state index contributed by atoms with van der Waals surface area (Å²) in [7, 11) is 0. The van der Waals surface area contributed by atoms with Crippen LogP contribution >= 0.6 is 15.9 Å². The molecule has 0 spiro atoms. The Morgan fingerprint density at radius 2 is 2.00 bits per heavy atom. The van der Waals surface area contributed by atoms with E-state index in [-0.39, 0.29) is 12.9 Å². The quantitative estimate of drug-likeness (QED) is 0.464. The van der Waals surface area contributed by atoms with Crippen molar-refractivity contribution in [1.82, 2.24) is 0 Å². The minimum Gasteiger partial charge on any atom is -0.460 e. The van der Waals surface area contributed by atoms with Gasteiger partial charge in [0.1, 0.15) is 0 Å². The van der Waals surface area contributed by atoms with Crippen LogP contribution in [0.3, 0.4) is 0 Å². The third-order valence-electron chi connectivity index (χ3n) is 1.12. The average Bonchev–Trinajstić information content (AvgIpc) is 2.20. The molecule has 4 heteroatoms. The molecular weight excluding hydrogens is 248 g/mol. The van der Waals surface area contributed by atoms with Crippen LogP contribution in [0.5, 0.6) is 0 Å². The molecule has 0 aliphatic heterocycles. The molecule has 76 valence electrons. The third-order valence-corrected chi connectivity index (χ3v) is 1.64. The van der Waals surface area contributed by atoms with Crippen molar-refractivity contribution in [2.24, 2.45) is 0 Å². The zero-order valence-electron chi connectivity index (χ0n) is 7.77. The molecular formula is C10H11BrO3. The molecule has 0 unspecified atom stereocenters. The fourth-order valence-corrected chi connectivity index (χ4v) is 0.896. The second-order valence-corrected chi connectivity index (χ2v) is 3.08. The predicted octanol–water partition coefficient (Wildman–Crippen LogP) is 2.20. The van der Waals surface area contributed by atoms with Gasteiger partial charge in [0.25, 0.3) is 0 Å². The number of halogens is 1. The van der Waals surface area contributed by atoms with Crippen molar-refractivity contribution in [1.29, 1.82) is 0 Å². The summed E-state index contributed by atoms with van der Waals surface area (Å²) >= 11 is 3.31. The van der Waals surface area contributed by atoms with E-state index >= 15 is 0 Å². The molecule has 0 aromatic heterocycles. The lowest BCUT2D eigenvalue weighted by molar-refractivity contribution is -0.148. The number of carbonyl (C=O) groups excluding carboxylic acids is 2. The molecule has 0 heterocycles. The van der Waals surface area contributed by atoms with Gasteiger partial charge in [-0.3, -0.25) is 4.79 Å². The molecule has 0 bridgehead atoms. The summed E-state index contributed by atoms with van der Waals surface area (Å²) < 4.78 is 5.32. The standard InChI is InChI=1S/C6H5Br.C4H6O3/c7-6-4-2-1-3-5-6;1-2-7-4(6)3-5/h1-5H;3H,2H2,1H3. The van der Waals surface area contributed by atoms with Gasteiger partial charge in [-0.05, 0) is 19.1 Å². The summed E-state index contributed by atoms with van der Waals surface area (Å²) in [5.41, 5.74) is 0. The van der Waals surface area contributed by atoms with Gasteiger partial charge in [0, 0.05) is 4.47 Å². The predicted molar refractivity (Wildman–Crippen MR) is 56.8 cm³/mol. The normalized spacial score (nSPS) is 8.14. The third kappa shape index (κ3) is 7.49. The highest BCUT2D eigenvalue weighted by molar-refractivity contribution is 9.10. The maximum absolute atomic E-state index is 9.82. The number of esters is 1. The summed E-state index contributed by atoms with van der Waals surface area (Å²) in [5.74, 6) is -0.803. The van der Waals surface area contributed by atoms with Crippen LogP contribution in [0, 0.1) is 0 Å². The van der Waals surface area contributed by atoms with Crippen molar-refractivity contribution < 1.29 is 14.3 Å². The Kier molecular flexibility index (Phi) is 7.74. The molecule has 0 saturated carbocycles. The van der Waals surface area contributed by atoms with Crippen LogP contribution in [-0.4, -0.2) is 18.9 Å². The first-order valence-electron chi connectivity index (χ1n) is 4.03. The molecule has 1 rings (SSSR count). The van der Waals surface area contributed by atoms with Crippen molar-refractivity contribution in [3.63, 3.8) is 0 Å². The first-order chi connectivity index (χ1) is 6.70. The molecule has 0 aliphatic rings. The van der Waals surface area contributed by atoms with Crippen molar-refractivity contribution in [2.75, 3.05) is 6.61 Å². The molecule has 0 aliphatic carbocycles. The van der Waals surface area contributed by atoms with Crippen LogP contribution in [0.4, 0.5) is 0 Å². The zero-order valence-corrected chi connectivity index (χ0v) is 9.36. The lowest BCUT2D eigenvalue weighted by Crippen LogP contribution is -2.03. The smallest absolute Gasteiger partial charge is 0.371 e. The van der Waals surface area contributed by atoms with Gasteiger partial charge in [-0.2, -0.15) is 0 Å². The molecule has 14 heavy (non-hydrogen) atoms. The SMILES string of the molecule is Brc1ccccc1.CCOC(=O)C=O. The van der Waals surface area contributed by atoms with Gasteiger partial charge < -0.3 is 4.74 Å². The largest absolute Gasteiger partial charge is 0.460 e. The van der Waals surface area contributed by atoms with Gasteiger partial charge in [0.2, 0.25) is 6.29 Å². The Morgan fingerprint density at radius 3 is 2.21 bits per heavy atom. The van der Waals surface area contributed by atoms with Crippen molar-refractivity contribution in [3.8, 4) is 0 Å². The fraction of sp³-hybridized carbons (Fsp3) is 0.200. The molecule has 0 fully saturated rings. The van der Waals surface area contributed by atoms with E-state index in [0.29, 0.717) is 0 Å². The number of rotatable bonds is 2. The van der Waals surface area contributed by atoms with E-state index < -0.39 is 5.97 Å². The highest BCUT2D eigenvalue weighted by Gasteiger charge is 1.91. The highest BCUT2D eigenvalue weighted by Crippen LogP contribution is 2.05. The highest BCUT2D eigenvalue weighted by atomic mass is 79.9. The number of carbonyl (C=O) groups is 2. The first kappa shape index (κ1) is 12.8. The number of hydrogen-bond donors (Lipinski definition) is 0. The van der Waals surface area contributed by atoms with E-state index in [1.807, 2.05) is 30.3 Å². The molecule has 0 amide bonds.